The van der Waals surface area contributed by atoms with E-state index < -0.39 is 25.9 Å². The number of hydrogen-bond acceptors (Lipinski definition) is 13. The molecule has 15 heteroatoms. The van der Waals surface area contributed by atoms with Crippen LogP contribution in [0.25, 0.3) is 11.2 Å². The van der Waals surface area contributed by atoms with Crippen LogP contribution in [0.1, 0.15) is 13.8 Å². The van der Waals surface area contributed by atoms with E-state index in [1.54, 1.807) is 24.3 Å². The molecule has 0 spiro atoms. The Morgan fingerprint density at radius 2 is 1.41 bits per heavy atom. The van der Waals surface area contributed by atoms with Crippen LogP contribution in [0.4, 0.5) is 5.82 Å². The molecule has 0 saturated carbocycles. The number of nitrogen functional groups attached to an aromatic ring is 1. The van der Waals surface area contributed by atoms with E-state index in [4.69, 9.17) is 33.8 Å². The molecule has 2 aromatic heterocycles. The molecule has 0 aliphatic heterocycles. The Hall–Kier alpha value is -4.68. The van der Waals surface area contributed by atoms with Gasteiger partial charge in [-0.1, -0.05) is 24.3 Å². The SMILES string of the molecule is CC(=O)Oc1ccccc1OP(=O)(COCCOn1cnc2c(N)ncnc21)Oc1ccccc1OC(C)=O. The summed E-state index contributed by atoms with van der Waals surface area (Å²) in [7, 11) is -4.17. The summed E-state index contributed by atoms with van der Waals surface area (Å²) in [4.78, 5) is 40.7. The molecule has 0 fully saturated rings. The van der Waals surface area contributed by atoms with Crippen molar-refractivity contribution in [3.63, 3.8) is 0 Å². The predicted molar refractivity (Wildman–Crippen MR) is 136 cm³/mol. The molecule has 0 bridgehead atoms. The lowest BCUT2D eigenvalue weighted by Crippen LogP contribution is -2.18. The normalized spacial score (nSPS) is 11.1. The first-order valence-corrected chi connectivity index (χ1v) is 13.1. The van der Waals surface area contributed by atoms with Gasteiger partial charge in [0.05, 0.1) is 6.61 Å². The van der Waals surface area contributed by atoms with Gasteiger partial charge in [-0.25, -0.2) is 19.5 Å². The molecule has 0 saturated heterocycles. The van der Waals surface area contributed by atoms with Crippen molar-refractivity contribution in [1.82, 2.24) is 19.7 Å². The van der Waals surface area contributed by atoms with Gasteiger partial charge >= 0.3 is 19.5 Å². The molecule has 2 heterocycles. The van der Waals surface area contributed by atoms with Crippen LogP contribution in [0.3, 0.4) is 0 Å². The number of anilines is 1. The second-order valence-corrected chi connectivity index (χ2v) is 9.59. The van der Waals surface area contributed by atoms with E-state index in [2.05, 4.69) is 15.0 Å². The van der Waals surface area contributed by atoms with Gasteiger partial charge in [0.15, 0.2) is 40.7 Å². The van der Waals surface area contributed by atoms with Crippen molar-refractivity contribution in [2.75, 3.05) is 25.3 Å². The van der Waals surface area contributed by atoms with Gasteiger partial charge in [-0.3, -0.25) is 9.59 Å². The average Bonchev–Trinajstić information content (AvgIpc) is 3.30. The molecule has 0 unspecified atom stereocenters. The second-order valence-electron chi connectivity index (χ2n) is 7.75. The van der Waals surface area contributed by atoms with Crippen LogP contribution in [0.15, 0.2) is 61.2 Å². The Labute approximate surface area is 222 Å². The first-order chi connectivity index (χ1) is 18.7. The van der Waals surface area contributed by atoms with E-state index in [1.807, 2.05) is 0 Å². The van der Waals surface area contributed by atoms with Crippen molar-refractivity contribution in [3.8, 4) is 23.0 Å². The minimum Gasteiger partial charge on any atom is -0.423 e. The summed E-state index contributed by atoms with van der Waals surface area (Å²) in [5.74, 6) is -0.996. The maximum atomic E-state index is 13.9. The van der Waals surface area contributed by atoms with Crippen molar-refractivity contribution in [2.45, 2.75) is 13.8 Å². The van der Waals surface area contributed by atoms with Crippen LogP contribution in [-0.4, -0.2) is 51.2 Å². The maximum absolute atomic E-state index is 13.9. The van der Waals surface area contributed by atoms with Crippen molar-refractivity contribution in [2.24, 2.45) is 0 Å². The van der Waals surface area contributed by atoms with E-state index >= 15 is 0 Å². The van der Waals surface area contributed by atoms with Crippen molar-refractivity contribution < 1.29 is 42.2 Å². The fourth-order valence-electron chi connectivity index (χ4n) is 3.20. The first-order valence-electron chi connectivity index (χ1n) is 11.4. The Bertz CT molecular complexity index is 1460. The fraction of sp³-hybridized carbons (Fsp3) is 0.208. The molecule has 4 rings (SSSR count). The zero-order valence-corrected chi connectivity index (χ0v) is 21.8. The van der Waals surface area contributed by atoms with Crippen molar-refractivity contribution >= 4 is 36.5 Å². The smallest absolute Gasteiger partial charge is 0.423 e. The number of fused-ring (bicyclic) bond motifs is 1. The third kappa shape index (κ3) is 7.21. The van der Waals surface area contributed by atoms with Crippen LogP contribution in [0.5, 0.6) is 23.0 Å². The fourth-order valence-corrected chi connectivity index (χ4v) is 4.59. The molecule has 0 aliphatic carbocycles. The molecule has 2 N–H and O–H groups in total. The third-order valence-electron chi connectivity index (χ3n) is 4.72. The standard InChI is InChI=1S/C24H24N5O9P/c1-16(30)35-18-7-3-5-9-20(18)37-39(32,38-21-10-6-4-8-19(21)36-17(2)31)15-33-11-12-34-29-14-28-22-23(25)26-13-27-24(22)29/h3-10,13-14H,11-12,15H2,1-2H3,(H2,25,26,27). The summed E-state index contributed by atoms with van der Waals surface area (Å²) in [6.45, 7) is 2.39. The van der Waals surface area contributed by atoms with Gasteiger partial charge in [0.2, 0.25) is 5.65 Å². The van der Waals surface area contributed by atoms with Crippen molar-refractivity contribution in [1.29, 1.82) is 0 Å². The van der Waals surface area contributed by atoms with Gasteiger partial charge in [0.25, 0.3) is 0 Å². The highest BCUT2D eigenvalue weighted by Crippen LogP contribution is 2.52. The van der Waals surface area contributed by atoms with Gasteiger partial charge in [-0.05, 0) is 24.3 Å². The second kappa shape index (κ2) is 12.2. The summed E-state index contributed by atoms with van der Waals surface area (Å²) >= 11 is 0. The van der Waals surface area contributed by atoms with Crippen LogP contribution < -0.4 is 29.1 Å². The van der Waals surface area contributed by atoms with Crippen LogP contribution in [0.2, 0.25) is 0 Å². The number of para-hydroxylation sites is 4. The molecular weight excluding hydrogens is 533 g/mol. The van der Waals surface area contributed by atoms with Gasteiger partial charge < -0.3 is 33.8 Å². The Morgan fingerprint density at radius 3 is 1.97 bits per heavy atom. The molecule has 0 aliphatic rings. The Balaban J connectivity index is 1.49. The Kier molecular flexibility index (Phi) is 8.59. The molecule has 204 valence electrons. The lowest BCUT2D eigenvalue weighted by atomic mass is 10.3. The molecule has 0 radical (unpaired) electrons. The number of nitrogens with two attached hydrogens (primary N) is 1. The number of esters is 2. The molecule has 2 aromatic carbocycles. The van der Waals surface area contributed by atoms with Gasteiger partial charge in [0.1, 0.15) is 19.3 Å². The molecule has 0 amide bonds. The van der Waals surface area contributed by atoms with E-state index in [1.165, 1.54) is 55.5 Å². The van der Waals surface area contributed by atoms with Crippen LogP contribution in [0, 0.1) is 0 Å². The van der Waals surface area contributed by atoms with E-state index in [-0.39, 0.29) is 42.0 Å². The van der Waals surface area contributed by atoms with E-state index in [0.29, 0.717) is 11.2 Å². The van der Waals surface area contributed by atoms with Gasteiger partial charge in [0, 0.05) is 13.8 Å². The zero-order chi connectivity index (χ0) is 27.8. The number of benzene rings is 2. The van der Waals surface area contributed by atoms with Gasteiger partial charge in [-0.2, -0.15) is 4.73 Å². The average molecular weight is 557 g/mol. The van der Waals surface area contributed by atoms with E-state index in [0.717, 1.165) is 0 Å². The van der Waals surface area contributed by atoms with E-state index in [9.17, 15) is 14.2 Å². The third-order valence-corrected chi connectivity index (χ3v) is 6.17. The number of hydrogen-bond donors (Lipinski definition) is 1. The monoisotopic (exact) mass is 557 g/mol. The number of nitrogens with zero attached hydrogens (tertiary/aromatic N) is 4. The van der Waals surface area contributed by atoms with Crippen LogP contribution in [-0.2, 0) is 18.9 Å². The van der Waals surface area contributed by atoms with Crippen molar-refractivity contribution in [3.05, 3.63) is 61.2 Å². The topological polar surface area (TPSA) is 176 Å². The minimum atomic E-state index is -4.17. The predicted octanol–water partition coefficient (Wildman–Crippen LogP) is 3.01. The highest BCUT2D eigenvalue weighted by molar-refractivity contribution is 7.54. The Morgan fingerprint density at radius 1 is 0.846 bits per heavy atom. The zero-order valence-electron chi connectivity index (χ0n) is 20.9. The molecule has 14 nitrogen and oxygen atoms in total. The highest BCUT2D eigenvalue weighted by Gasteiger charge is 2.32. The number of imidazole rings is 1. The lowest BCUT2D eigenvalue weighted by molar-refractivity contribution is -0.132. The minimum absolute atomic E-state index is 0.00341. The molecule has 39 heavy (non-hydrogen) atoms. The summed E-state index contributed by atoms with van der Waals surface area (Å²) in [5.41, 5.74) is 6.52. The summed E-state index contributed by atoms with van der Waals surface area (Å²) < 4.78 is 42.5. The summed E-state index contributed by atoms with van der Waals surface area (Å²) in [6.07, 6.45) is 2.12. The molecule has 4 aromatic rings. The quantitative estimate of drug-likeness (QED) is 0.116. The number of carbonyl (C=O) groups is 2. The number of ether oxygens (including phenoxy) is 3. The summed E-state index contributed by atoms with van der Waals surface area (Å²) in [6, 6.07) is 12.3. The maximum Gasteiger partial charge on any atom is 0.456 e. The lowest BCUT2D eigenvalue weighted by Gasteiger charge is -2.22. The largest absolute Gasteiger partial charge is 0.456 e. The summed E-state index contributed by atoms with van der Waals surface area (Å²) in [5, 5.41) is 0. The van der Waals surface area contributed by atoms with Gasteiger partial charge in [-0.15, -0.1) is 0 Å². The highest BCUT2D eigenvalue weighted by atomic mass is 31.2. The number of rotatable bonds is 12. The molecule has 0 atom stereocenters. The molecular formula is C24H24N5O9P. The first kappa shape index (κ1) is 27.4. The number of aromatic nitrogens is 4. The van der Waals surface area contributed by atoms with Crippen LogP contribution >= 0.6 is 7.60 Å². The number of carbonyl (C=O) groups excluding carboxylic acids is 2.